The molecule has 0 spiro atoms. The van der Waals surface area contributed by atoms with E-state index in [4.69, 9.17) is 9.15 Å². The molecule has 0 aliphatic rings. The van der Waals surface area contributed by atoms with E-state index in [2.05, 4.69) is 5.10 Å². The Morgan fingerprint density at radius 1 is 1.19 bits per heavy atom. The van der Waals surface area contributed by atoms with Crippen molar-refractivity contribution in [2.24, 2.45) is 0 Å². The summed E-state index contributed by atoms with van der Waals surface area (Å²) in [5.41, 5.74) is 1.41. The number of hydrogen-bond donors (Lipinski definition) is 0. The fraction of sp³-hybridized carbons (Fsp3) is 0.211. The van der Waals surface area contributed by atoms with Crippen molar-refractivity contribution in [1.82, 2.24) is 14.7 Å². The standard InChI is InChI=1S/C19H19N3O4/c1-21(13-17-4-2-11-25-17)18(23)14-26-19(24)16-7-5-15(6-8-16)12-22-10-3-9-20-22/h2-11H,12-14H2,1H3. The Morgan fingerprint density at radius 3 is 2.65 bits per heavy atom. The van der Waals surface area contributed by atoms with E-state index < -0.39 is 5.97 Å². The molecular formula is C19H19N3O4. The van der Waals surface area contributed by atoms with Crippen molar-refractivity contribution >= 4 is 11.9 Å². The van der Waals surface area contributed by atoms with E-state index in [1.807, 2.05) is 24.4 Å². The third-order valence-corrected chi connectivity index (χ3v) is 3.82. The molecule has 0 bridgehead atoms. The van der Waals surface area contributed by atoms with Crippen LogP contribution in [0.1, 0.15) is 21.7 Å². The van der Waals surface area contributed by atoms with Gasteiger partial charge >= 0.3 is 5.97 Å². The number of amides is 1. The van der Waals surface area contributed by atoms with Gasteiger partial charge in [0, 0.05) is 19.4 Å². The number of esters is 1. The van der Waals surface area contributed by atoms with E-state index in [0.717, 1.165) is 5.56 Å². The molecule has 0 saturated heterocycles. The van der Waals surface area contributed by atoms with E-state index in [9.17, 15) is 9.59 Å². The number of hydrogen-bond acceptors (Lipinski definition) is 5. The predicted octanol–water partition coefficient (Wildman–Crippen LogP) is 2.34. The lowest BCUT2D eigenvalue weighted by atomic mass is 10.1. The molecule has 0 atom stereocenters. The zero-order chi connectivity index (χ0) is 18.4. The van der Waals surface area contributed by atoms with E-state index in [1.165, 1.54) is 4.90 Å². The highest BCUT2D eigenvalue weighted by atomic mass is 16.5. The molecule has 0 N–H and O–H groups in total. The molecule has 3 rings (SSSR count). The molecule has 1 aromatic carbocycles. The molecule has 2 aromatic heterocycles. The van der Waals surface area contributed by atoms with Crippen LogP contribution in [-0.2, 0) is 22.6 Å². The predicted molar refractivity (Wildman–Crippen MR) is 93.2 cm³/mol. The summed E-state index contributed by atoms with van der Waals surface area (Å²) in [6.45, 7) is 0.634. The summed E-state index contributed by atoms with van der Waals surface area (Å²) < 4.78 is 12.1. The van der Waals surface area contributed by atoms with E-state index >= 15 is 0 Å². The van der Waals surface area contributed by atoms with Crippen molar-refractivity contribution < 1.29 is 18.7 Å². The summed E-state index contributed by atoms with van der Waals surface area (Å²) in [5, 5.41) is 4.14. The van der Waals surface area contributed by atoms with Gasteiger partial charge in [0.1, 0.15) is 5.76 Å². The van der Waals surface area contributed by atoms with Gasteiger partial charge in [0.15, 0.2) is 6.61 Å². The lowest BCUT2D eigenvalue weighted by Crippen LogP contribution is -2.30. The topological polar surface area (TPSA) is 77.6 Å². The van der Waals surface area contributed by atoms with Gasteiger partial charge < -0.3 is 14.1 Å². The quantitative estimate of drug-likeness (QED) is 0.609. The molecule has 2 heterocycles. The first-order valence-corrected chi connectivity index (χ1v) is 8.11. The lowest BCUT2D eigenvalue weighted by molar-refractivity contribution is -0.133. The zero-order valence-electron chi connectivity index (χ0n) is 14.4. The Bertz CT molecular complexity index is 840. The summed E-state index contributed by atoms with van der Waals surface area (Å²) in [5.74, 6) is -0.166. The lowest BCUT2D eigenvalue weighted by Gasteiger charge is -2.15. The highest BCUT2D eigenvalue weighted by molar-refractivity contribution is 5.91. The maximum absolute atomic E-state index is 12.1. The molecule has 0 radical (unpaired) electrons. The first kappa shape index (κ1) is 17.5. The van der Waals surface area contributed by atoms with Gasteiger partial charge in [-0.25, -0.2) is 4.79 Å². The Balaban J connectivity index is 1.49. The van der Waals surface area contributed by atoms with Crippen LogP contribution in [0.3, 0.4) is 0 Å². The fourth-order valence-electron chi connectivity index (χ4n) is 2.37. The van der Waals surface area contributed by atoms with Crippen LogP contribution in [0.2, 0.25) is 0 Å². The molecule has 7 nitrogen and oxygen atoms in total. The molecule has 1 amide bonds. The van der Waals surface area contributed by atoms with Gasteiger partial charge in [-0.15, -0.1) is 0 Å². The number of carbonyl (C=O) groups excluding carboxylic acids is 2. The van der Waals surface area contributed by atoms with Crippen LogP contribution in [-0.4, -0.2) is 40.2 Å². The smallest absolute Gasteiger partial charge is 0.338 e. The van der Waals surface area contributed by atoms with E-state index in [-0.39, 0.29) is 12.5 Å². The molecule has 7 heteroatoms. The van der Waals surface area contributed by atoms with Crippen LogP contribution in [0.15, 0.2) is 65.5 Å². The zero-order valence-corrected chi connectivity index (χ0v) is 14.4. The van der Waals surface area contributed by atoms with Crippen molar-refractivity contribution in [3.63, 3.8) is 0 Å². The van der Waals surface area contributed by atoms with Crippen LogP contribution >= 0.6 is 0 Å². The molecule has 134 valence electrons. The minimum Gasteiger partial charge on any atom is -0.467 e. The number of rotatable bonds is 7. The van der Waals surface area contributed by atoms with Gasteiger partial charge in [-0.05, 0) is 35.9 Å². The minimum absolute atomic E-state index is 0.301. The van der Waals surface area contributed by atoms with Crippen LogP contribution < -0.4 is 0 Å². The number of likely N-dealkylation sites (N-methyl/N-ethyl adjacent to an activating group) is 1. The summed E-state index contributed by atoms with van der Waals surface area (Å²) in [6.07, 6.45) is 5.13. The van der Waals surface area contributed by atoms with Crippen molar-refractivity contribution in [1.29, 1.82) is 0 Å². The highest BCUT2D eigenvalue weighted by Gasteiger charge is 2.14. The number of ether oxygens (including phenoxy) is 1. The summed E-state index contributed by atoms with van der Waals surface area (Å²) in [4.78, 5) is 25.6. The van der Waals surface area contributed by atoms with Crippen LogP contribution in [0, 0.1) is 0 Å². The maximum atomic E-state index is 12.1. The number of aromatic nitrogens is 2. The second-order valence-corrected chi connectivity index (χ2v) is 5.81. The summed E-state index contributed by atoms with van der Waals surface area (Å²) in [7, 11) is 1.63. The van der Waals surface area contributed by atoms with Crippen molar-refractivity contribution in [3.8, 4) is 0 Å². The fourth-order valence-corrected chi connectivity index (χ4v) is 2.37. The second-order valence-electron chi connectivity index (χ2n) is 5.81. The largest absolute Gasteiger partial charge is 0.467 e. The van der Waals surface area contributed by atoms with Crippen LogP contribution in [0.25, 0.3) is 0 Å². The summed E-state index contributed by atoms with van der Waals surface area (Å²) >= 11 is 0. The van der Waals surface area contributed by atoms with Crippen LogP contribution in [0.5, 0.6) is 0 Å². The van der Waals surface area contributed by atoms with Gasteiger partial charge in [0.25, 0.3) is 5.91 Å². The van der Waals surface area contributed by atoms with Crippen LogP contribution in [0.4, 0.5) is 0 Å². The maximum Gasteiger partial charge on any atom is 0.338 e. The van der Waals surface area contributed by atoms with Crippen molar-refractivity contribution in [2.45, 2.75) is 13.1 Å². The molecule has 0 unspecified atom stereocenters. The number of furan rings is 1. The Morgan fingerprint density at radius 2 is 2.00 bits per heavy atom. The molecule has 26 heavy (non-hydrogen) atoms. The van der Waals surface area contributed by atoms with Gasteiger partial charge in [0.05, 0.1) is 24.9 Å². The van der Waals surface area contributed by atoms with E-state index in [0.29, 0.717) is 24.4 Å². The monoisotopic (exact) mass is 353 g/mol. The van der Waals surface area contributed by atoms with Gasteiger partial charge in [-0.3, -0.25) is 9.48 Å². The Hall–Kier alpha value is -3.35. The minimum atomic E-state index is -0.532. The molecule has 0 fully saturated rings. The van der Waals surface area contributed by atoms with Gasteiger partial charge in [-0.1, -0.05) is 12.1 Å². The number of benzene rings is 1. The second kappa shape index (κ2) is 8.15. The molecular weight excluding hydrogens is 334 g/mol. The SMILES string of the molecule is CN(Cc1ccco1)C(=O)COC(=O)c1ccc(Cn2cccn2)cc1. The molecule has 0 aliphatic carbocycles. The molecule has 0 saturated carbocycles. The average molecular weight is 353 g/mol. The first-order valence-electron chi connectivity index (χ1n) is 8.11. The Labute approximate surface area is 150 Å². The molecule has 0 aliphatic heterocycles. The Kier molecular flexibility index (Phi) is 5.48. The third kappa shape index (κ3) is 4.60. The summed E-state index contributed by atoms with van der Waals surface area (Å²) in [6, 6.07) is 12.4. The van der Waals surface area contributed by atoms with Gasteiger partial charge in [0.2, 0.25) is 0 Å². The molecule has 3 aromatic rings. The van der Waals surface area contributed by atoms with Crippen molar-refractivity contribution in [2.75, 3.05) is 13.7 Å². The van der Waals surface area contributed by atoms with E-state index in [1.54, 1.807) is 48.5 Å². The third-order valence-electron chi connectivity index (χ3n) is 3.82. The van der Waals surface area contributed by atoms with Crippen molar-refractivity contribution in [3.05, 3.63) is 78.0 Å². The number of nitrogens with zero attached hydrogens (tertiary/aromatic N) is 3. The first-order chi connectivity index (χ1) is 12.6. The van der Waals surface area contributed by atoms with Gasteiger partial charge in [-0.2, -0.15) is 5.10 Å². The highest BCUT2D eigenvalue weighted by Crippen LogP contribution is 2.08. The number of carbonyl (C=O) groups is 2. The normalized spacial score (nSPS) is 10.5. The average Bonchev–Trinajstić information content (AvgIpc) is 3.34.